The first-order valence-electron chi connectivity index (χ1n) is 10.2. The van der Waals surface area contributed by atoms with E-state index in [-0.39, 0.29) is 23.5 Å². The molecule has 0 saturated heterocycles. The number of rotatable bonds is 8. The van der Waals surface area contributed by atoms with Gasteiger partial charge in [0.2, 0.25) is 10.0 Å². The smallest absolute Gasteiger partial charge is 0.262 e. The lowest BCUT2D eigenvalue weighted by atomic mass is 9.96. The number of hydrogen-bond acceptors (Lipinski definition) is 4. The first-order valence-corrected chi connectivity index (χ1v) is 12.5. The number of halogens is 1. The van der Waals surface area contributed by atoms with E-state index >= 15 is 0 Å². The predicted molar refractivity (Wildman–Crippen MR) is 121 cm³/mol. The van der Waals surface area contributed by atoms with Crippen LogP contribution in [-0.4, -0.2) is 27.0 Å². The molecule has 0 aliphatic heterocycles. The molecule has 0 radical (unpaired) electrons. The fourth-order valence-electron chi connectivity index (χ4n) is 3.45. The molecule has 2 aromatic carbocycles. The molecule has 0 spiro atoms. The van der Waals surface area contributed by atoms with Crippen molar-refractivity contribution in [3.63, 3.8) is 0 Å². The minimum atomic E-state index is -3.55. The van der Waals surface area contributed by atoms with Gasteiger partial charge in [0, 0.05) is 11.7 Å². The first kappa shape index (κ1) is 22.8. The van der Waals surface area contributed by atoms with Crippen molar-refractivity contribution in [2.24, 2.45) is 0 Å². The molecule has 1 saturated carbocycles. The largest absolute Gasteiger partial charge is 0.483 e. The Morgan fingerprint density at radius 3 is 2.43 bits per heavy atom. The highest BCUT2D eigenvalue weighted by molar-refractivity contribution is 9.10. The number of carbonyl (C=O) groups excluding carboxylic acids is 1. The average molecular weight is 495 g/mol. The molecule has 6 nitrogen and oxygen atoms in total. The lowest BCUT2D eigenvalue weighted by Gasteiger charge is -2.22. The highest BCUT2D eigenvalue weighted by Gasteiger charge is 2.21. The fourth-order valence-corrected chi connectivity index (χ4v) is 5.29. The summed E-state index contributed by atoms with van der Waals surface area (Å²) in [7, 11) is -3.55. The molecule has 2 N–H and O–H groups in total. The van der Waals surface area contributed by atoms with E-state index in [1.54, 1.807) is 12.1 Å². The van der Waals surface area contributed by atoms with E-state index in [0.29, 0.717) is 11.4 Å². The van der Waals surface area contributed by atoms with Crippen molar-refractivity contribution in [2.45, 2.75) is 56.4 Å². The number of anilines is 1. The number of sulfonamides is 1. The van der Waals surface area contributed by atoms with Crippen molar-refractivity contribution in [3.05, 3.63) is 52.5 Å². The van der Waals surface area contributed by atoms with Crippen molar-refractivity contribution in [1.82, 2.24) is 4.72 Å². The Morgan fingerprint density at radius 1 is 1.10 bits per heavy atom. The summed E-state index contributed by atoms with van der Waals surface area (Å²) in [6.45, 7) is 1.92. The minimum Gasteiger partial charge on any atom is -0.483 e. The average Bonchev–Trinajstić information content (AvgIpc) is 2.73. The summed E-state index contributed by atoms with van der Waals surface area (Å²) in [6, 6.07) is 11.9. The second-order valence-corrected chi connectivity index (χ2v) is 10.0. The lowest BCUT2D eigenvalue weighted by Crippen LogP contribution is -2.36. The number of amides is 1. The van der Waals surface area contributed by atoms with Gasteiger partial charge in [0.25, 0.3) is 5.91 Å². The number of carbonyl (C=O) groups is 1. The van der Waals surface area contributed by atoms with Gasteiger partial charge >= 0.3 is 0 Å². The Kier molecular flexibility index (Phi) is 7.91. The maximum absolute atomic E-state index is 12.5. The van der Waals surface area contributed by atoms with Crippen molar-refractivity contribution < 1.29 is 17.9 Å². The molecule has 1 amide bonds. The molecule has 0 aromatic heterocycles. The molecule has 0 bridgehead atoms. The number of hydrogen-bond donors (Lipinski definition) is 2. The van der Waals surface area contributed by atoms with Crippen LogP contribution in [0.25, 0.3) is 0 Å². The normalized spacial score (nSPS) is 15.0. The topological polar surface area (TPSA) is 84.5 Å². The Morgan fingerprint density at radius 2 is 1.80 bits per heavy atom. The second kappa shape index (κ2) is 10.4. The van der Waals surface area contributed by atoms with Crippen molar-refractivity contribution in [3.8, 4) is 5.75 Å². The molecular formula is C22H27BrN2O4S. The Bertz CT molecular complexity index is 971. The molecule has 0 unspecified atom stereocenters. The predicted octanol–water partition coefficient (Wildman–Crippen LogP) is 4.64. The van der Waals surface area contributed by atoms with Crippen LogP contribution >= 0.6 is 15.9 Å². The van der Waals surface area contributed by atoms with Gasteiger partial charge in [0.05, 0.1) is 9.37 Å². The minimum absolute atomic E-state index is 0.00555. The summed E-state index contributed by atoms with van der Waals surface area (Å²) in [4.78, 5) is 12.4. The fraction of sp³-hybridized carbons (Fsp3) is 0.409. The van der Waals surface area contributed by atoms with E-state index in [2.05, 4.69) is 32.9 Å². The van der Waals surface area contributed by atoms with Crippen LogP contribution in [0.5, 0.6) is 5.75 Å². The number of benzene rings is 2. The van der Waals surface area contributed by atoms with Gasteiger partial charge in [-0.05, 0) is 77.2 Å². The zero-order chi connectivity index (χ0) is 21.6. The molecule has 1 fully saturated rings. The van der Waals surface area contributed by atoms with Crippen molar-refractivity contribution >= 4 is 37.5 Å². The third-order valence-electron chi connectivity index (χ3n) is 5.14. The van der Waals surface area contributed by atoms with E-state index in [4.69, 9.17) is 4.74 Å². The zero-order valence-corrected chi connectivity index (χ0v) is 19.4. The summed E-state index contributed by atoms with van der Waals surface area (Å²) in [6.07, 6.45) is 5.95. The van der Waals surface area contributed by atoms with E-state index in [0.717, 1.165) is 43.0 Å². The molecule has 8 heteroatoms. The maximum atomic E-state index is 12.5. The lowest BCUT2D eigenvalue weighted by molar-refractivity contribution is -0.118. The number of aryl methyl sites for hydroxylation is 1. The van der Waals surface area contributed by atoms with Gasteiger partial charge in [0.15, 0.2) is 6.61 Å². The molecule has 2 aromatic rings. The molecule has 1 aliphatic rings. The van der Waals surface area contributed by atoms with Crippen LogP contribution < -0.4 is 14.8 Å². The van der Waals surface area contributed by atoms with Gasteiger partial charge in [-0.1, -0.05) is 32.3 Å². The standard InChI is InChI=1S/C22H27BrN2O4S/c1-2-16-8-13-21(20(23)14-16)29-15-22(26)24-17-9-11-19(12-10-17)30(27,28)25-18-6-4-3-5-7-18/h8-14,18,25H,2-7,15H2,1H3,(H,24,26). The van der Waals surface area contributed by atoms with E-state index < -0.39 is 10.0 Å². The molecule has 1 aliphatic carbocycles. The zero-order valence-electron chi connectivity index (χ0n) is 17.0. The Balaban J connectivity index is 1.54. The van der Waals surface area contributed by atoms with Gasteiger partial charge in [0.1, 0.15) is 5.75 Å². The van der Waals surface area contributed by atoms with E-state index in [9.17, 15) is 13.2 Å². The summed E-state index contributed by atoms with van der Waals surface area (Å²) in [5.74, 6) is 0.273. The maximum Gasteiger partial charge on any atom is 0.262 e. The summed E-state index contributed by atoms with van der Waals surface area (Å²) in [5.41, 5.74) is 1.69. The molecule has 162 valence electrons. The van der Waals surface area contributed by atoms with Crippen LogP contribution in [0.1, 0.15) is 44.6 Å². The van der Waals surface area contributed by atoms with Gasteiger partial charge < -0.3 is 10.1 Å². The highest BCUT2D eigenvalue weighted by Crippen LogP contribution is 2.26. The monoisotopic (exact) mass is 494 g/mol. The summed E-state index contributed by atoms with van der Waals surface area (Å²) < 4.78 is 34.2. The third kappa shape index (κ3) is 6.30. The second-order valence-electron chi connectivity index (χ2n) is 7.44. The van der Waals surface area contributed by atoms with Crippen molar-refractivity contribution in [1.29, 1.82) is 0 Å². The van der Waals surface area contributed by atoms with Gasteiger partial charge in [-0.2, -0.15) is 0 Å². The number of nitrogens with one attached hydrogen (secondary N) is 2. The van der Waals surface area contributed by atoms with Gasteiger partial charge in [-0.15, -0.1) is 0 Å². The molecular weight excluding hydrogens is 468 g/mol. The van der Waals surface area contributed by atoms with Crippen LogP contribution in [0.15, 0.2) is 51.8 Å². The molecule has 0 atom stereocenters. The molecule has 30 heavy (non-hydrogen) atoms. The Labute approximate surface area is 186 Å². The van der Waals surface area contributed by atoms with Crippen LogP contribution in [0.4, 0.5) is 5.69 Å². The summed E-state index contributed by atoms with van der Waals surface area (Å²) in [5, 5.41) is 2.72. The van der Waals surface area contributed by atoms with Gasteiger partial charge in [-0.3, -0.25) is 4.79 Å². The third-order valence-corrected chi connectivity index (χ3v) is 7.29. The quantitative estimate of drug-likeness (QED) is 0.559. The molecule has 3 rings (SSSR count). The first-order chi connectivity index (χ1) is 14.4. The molecule has 0 heterocycles. The SMILES string of the molecule is CCc1ccc(OCC(=O)Nc2ccc(S(=O)(=O)NC3CCCCC3)cc2)c(Br)c1. The van der Waals surface area contributed by atoms with E-state index in [1.807, 2.05) is 18.2 Å². The highest BCUT2D eigenvalue weighted by atomic mass is 79.9. The van der Waals surface area contributed by atoms with Crippen molar-refractivity contribution in [2.75, 3.05) is 11.9 Å². The number of ether oxygens (including phenoxy) is 1. The summed E-state index contributed by atoms with van der Waals surface area (Å²) >= 11 is 3.45. The van der Waals surface area contributed by atoms with Gasteiger partial charge in [-0.25, -0.2) is 13.1 Å². The van der Waals surface area contributed by atoms with Crippen LogP contribution in [-0.2, 0) is 21.2 Å². The van der Waals surface area contributed by atoms with Crippen LogP contribution in [0.3, 0.4) is 0 Å². The Hall–Kier alpha value is -1.90. The van der Waals surface area contributed by atoms with E-state index in [1.165, 1.54) is 17.7 Å². The van der Waals surface area contributed by atoms with Crippen LogP contribution in [0.2, 0.25) is 0 Å². The van der Waals surface area contributed by atoms with Crippen LogP contribution in [0, 0.1) is 0 Å².